The van der Waals surface area contributed by atoms with Gasteiger partial charge in [-0.25, -0.2) is 0 Å². The van der Waals surface area contributed by atoms with Gasteiger partial charge in [-0.2, -0.15) is 0 Å². The molecule has 0 spiro atoms. The van der Waals surface area contributed by atoms with Crippen molar-refractivity contribution in [1.29, 1.82) is 0 Å². The minimum absolute atomic E-state index is 0.300. The topological polar surface area (TPSA) is 32.5 Å². The summed E-state index contributed by atoms with van der Waals surface area (Å²) in [6.45, 7) is 11.1. The first kappa shape index (κ1) is 14.2. The van der Waals surface area contributed by atoms with E-state index in [1.54, 1.807) is 6.20 Å². The van der Waals surface area contributed by atoms with Gasteiger partial charge in [-0.15, -0.1) is 0 Å². The Morgan fingerprint density at radius 2 is 2.00 bits per heavy atom. The SMILES string of the molecule is CCN(CC)CCCN(C)C(C)c1ccno1. The Hall–Kier alpha value is -0.870. The van der Waals surface area contributed by atoms with Crippen molar-refractivity contribution in [2.24, 2.45) is 0 Å². The van der Waals surface area contributed by atoms with Crippen molar-refractivity contribution in [2.75, 3.05) is 33.2 Å². The summed E-state index contributed by atoms with van der Waals surface area (Å²) in [6.07, 6.45) is 2.90. The lowest BCUT2D eigenvalue weighted by Crippen LogP contribution is -2.29. The van der Waals surface area contributed by atoms with Crippen molar-refractivity contribution >= 4 is 0 Å². The fraction of sp³-hybridized carbons (Fsp3) is 0.769. The van der Waals surface area contributed by atoms with Gasteiger partial charge >= 0.3 is 0 Å². The van der Waals surface area contributed by atoms with Gasteiger partial charge in [0.05, 0.1) is 12.2 Å². The summed E-state index contributed by atoms with van der Waals surface area (Å²) in [7, 11) is 2.13. The van der Waals surface area contributed by atoms with Gasteiger partial charge in [0.2, 0.25) is 0 Å². The molecule has 0 saturated heterocycles. The number of hydrogen-bond donors (Lipinski definition) is 0. The molecule has 0 N–H and O–H groups in total. The normalized spacial score (nSPS) is 13.5. The molecule has 4 nitrogen and oxygen atoms in total. The zero-order valence-electron chi connectivity index (χ0n) is 11.5. The summed E-state index contributed by atoms with van der Waals surface area (Å²) in [6, 6.07) is 2.24. The highest BCUT2D eigenvalue weighted by atomic mass is 16.5. The lowest BCUT2D eigenvalue weighted by Gasteiger charge is -2.24. The average molecular weight is 239 g/mol. The molecular formula is C13H25N3O. The molecule has 98 valence electrons. The van der Waals surface area contributed by atoms with Gasteiger partial charge in [-0.1, -0.05) is 19.0 Å². The Bertz CT molecular complexity index is 283. The fourth-order valence-corrected chi connectivity index (χ4v) is 1.94. The van der Waals surface area contributed by atoms with E-state index in [9.17, 15) is 0 Å². The van der Waals surface area contributed by atoms with E-state index in [0.29, 0.717) is 6.04 Å². The highest BCUT2D eigenvalue weighted by Crippen LogP contribution is 2.17. The predicted octanol–water partition coefficient (Wildman–Crippen LogP) is 2.40. The molecule has 4 heteroatoms. The Labute approximate surface area is 105 Å². The van der Waals surface area contributed by atoms with Crippen molar-refractivity contribution in [2.45, 2.75) is 33.2 Å². The quantitative estimate of drug-likeness (QED) is 0.697. The molecule has 0 bridgehead atoms. The van der Waals surface area contributed by atoms with Crippen LogP contribution in [0.4, 0.5) is 0 Å². The van der Waals surface area contributed by atoms with Gasteiger partial charge in [-0.3, -0.25) is 4.90 Å². The van der Waals surface area contributed by atoms with Gasteiger partial charge in [-0.05, 0) is 46.6 Å². The Morgan fingerprint density at radius 1 is 1.29 bits per heavy atom. The lowest BCUT2D eigenvalue weighted by molar-refractivity contribution is 0.199. The van der Waals surface area contributed by atoms with Gasteiger partial charge in [0.25, 0.3) is 0 Å². The van der Waals surface area contributed by atoms with Crippen LogP contribution in [0.5, 0.6) is 0 Å². The molecule has 0 aliphatic heterocycles. The number of aromatic nitrogens is 1. The molecule has 0 aromatic carbocycles. The van der Waals surface area contributed by atoms with Crippen LogP contribution in [-0.4, -0.2) is 48.2 Å². The van der Waals surface area contributed by atoms with Crippen molar-refractivity contribution in [3.63, 3.8) is 0 Å². The Balaban J connectivity index is 2.27. The monoisotopic (exact) mass is 239 g/mol. The Kier molecular flexibility index (Phi) is 6.22. The van der Waals surface area contributed by atoms with E-state index in [1.165, 1.54) is 13.0 Å². The molecule has 0 aliphatic rings. The van der Waals surface area contributed by atoms with Gasteiger partial charge in [0, 0.05) is 6.07 Å². The summed E-state index contributed by atoms with van der Waals surface area (Å²) in [5.74, 6) is 0.940. The summed E-state index contributed by atoms with van der Waals surface area (Å²) < 4.78 is 5.18. The van der Waals surface area contributed by atoms with Gasteiger partial charge in [0.1, 0.15) is 0 Å². The van der Waals surface area contributed by atoms with Crippen molar-refractivity contribution in [3.05, 3.63) is 18.0 Å². The van der Waals surface area contributed by atoms with E-state index in [-0.39, 0.29) is 0 Å². The predicted molar refractivity (Wildman–Crippen MR) is 70.0 cm³/mol. The third kappa shape index (κ3) is 4.48. The fourth-order valence-electron chi connectivity index (χ4n) is 1.94. The molecule has 17 heavy (non-hydrogen) atoms. The summed E-state index contributed by atoms with van der Waals surface area (Å²) in [5.41, 5.74) is 0. The van der Waals surface area contributed by atoms with Crippen LogP contribution in [0.3, 0.4) is 0 Å². The first-order valence-electron chi connectivity index (χ1n) is 6.52. The maximum absolute atomic E-state index is 5.18. The molecule has 1 aromatic heterocycles. The first-order valence-corrected chi connectivity index (χ1v) is 6.52. The highest BCUT2D eigenvalue weighted by molar-refractivity contribution is 4.98. The molecule has 0 radical (unpaired) electrons. The molecule has 0 amide bonds. The van der Waals surface area contributed by atoms with Crippen molar-refractivity contribution < 1.29 is 4.52 Å². The largest absolute Gasteiger partial charge is 0.360 e. The maximum Gasteiger partial charge on any atom is 0.153 e. The van der Waals surface area contributed by atoms with Crippen molar-refractivity contribution in [1.82, 2.24) is 15.0 Å². The first-order chi connectivity index (χ1) is 8.19. The average Bonchev–Trinajstić information content (AvgIpc) is 2.87. The smallest absolute Gasteiger partial charge is 0.153 e. The molecule has 0 fully saturated rings. The number of nitrogens with zero attached hydrogens (tertiary/aromatic N) is 3. The minimum atomic E-state index is 0.300. The number of rotatable bonds is 8. The molecular weight excluding hydrogens is 214 g/mol. The number of hydrogen-bond acceptors (Lipinski definition) is 4. The summed E-state index contributed by atoms with van der Waals surface area (Å²) in [4.78, 5) is 4.76. The van der Waals surface area contributed by atoms with Crippen LogP contribution >= 0.6 is 0 Å². The van der Waals surface area contributed by atoms with Crippen LogP contribution in [0.15, 0.2) is 16.8 Å². The van der Waals surface area contributed by atoms with Crippen LogP contribution in [0.2, 0.25) is 0 Å². The lowest BCUT2D eigenvalue weighted by atomic mass is 10.2. The molecule has 1 atom stereocenters. The second-order valence-corrected chi connectivity index (χ2v) is 4.45. The van der Waals surface area contributed by atoms with Crippen molar-refractivity contribution in [3.8, 4) is 0 Å². The second kappa shape index (κ2) is 7.45. The van der Waals surface area contributed by atoms with Crippen LogP contribution in [0.25, 0.3) is 0 Å². The van der Waals surface area contributed by atoms with E-state index in [0.717, 1.165) is 25.4 Å². The Morgan fingerprint density at radius 3 is 2.53 bits per heavy atom. The third-order valence-electron chi connectivity index (χ3n) is 3.41. The van der Waals surface area contributed by atoms with Gasteiger partial charge in [0.15, 0.2) is 5.76 Å². The van der Waals surface area contributed by atoms with E-state index in [4.69, 9.17) is 4.52 Å². The summed E-state index contributed by atoms with van der Waals surface area (Å²) >= 11 is 0. The van der Waals surface area contributed by atoms with Gasteiger partial charge < -0.3 is 9.42 Å². The molecule has 1 unspecified atom stereocenters. The van der Waals surface area contributed by atoms with Crippen LogP contribution in [0.1, 0.15) is 39.0 Å². The van der Waals surface area contributed by atoms with E-state index >= 15 is 0 Å². The van der Waals surface area contributed by atoms with Crippen LogP contribution in [-0.2, 0) is 0 Å². The van der Waals surface area contributed by atoms with E-state index < -0.39 is 0 Å². The molecule has 0 aliphatic carbocycles. The van der Waals surface area contributed by atoms with E-state index in [2.05, 4.69) is 42.8 Å². The zero-order chi connectivity index (χ0) is 12.7. The molecule has 1 rings (SSSR count). The van der Waals surface area contributed by atoms with E-state index in [1.807, 2.05) is 6.07 Å². The second-order valence-electron chi connectivity index (χ2n) is 4.45. The third-order valence-corrected chi connectivity index (χ3v) is 3.41. The zero-order valence-corrected chi connectivity index (χ0v) is 11.5. The minimum Gasteiger partial charge on any atom is -0.360 e. The molecule has 1 heterocycles. The standard InChI is InChI=1S/C13H25N3O/c1-5-16(6-2)11-7-10-15(4)12(3)13-8-9-14-17-13/h8-9,12H,5-7,10-11H2,1-4H3. The maximum atomic E-state index is 5.18. The molecule has 1 aromatic rings. The molecule has 0 saturated carbocycles. The highest BCUT2D eigenvalue weighted by Gasteiger charge is 2.14. The van der Waals surface area contributed by atoms with Crippen LogP contribution in [0, 0.1) is 0 Å². The summed E-state index contributed by atoms with van der Waals surface area (Å²) in [5, 5.41) is 3.75. The van der Waals surface area contributed by atoms with Crippen LogP contribution < -0.4 is 0 Å².